The average Bonchev–Trinajstić information content (AvgIpc) is 3.18. The molecule has 3 aliphatic heterocycles. The second kappa shape index (κ2) is 6.98. The molecule has 3 aliphatic rings. The van der Waals surface area contributed by atoms with Crippen LogP contribution in [0.3, 0.4) is 0 Å². The summed E-state index contributed by atoms with van der Waals surface area (Å²) in [7, 11) is 3.32. The van der Waals surface area contributed by atoms with Crippen molar-refractivity contribution in [2.24, 2.45) is 4.99 Å². The SMILES string of the molecule is COc1ccc(C)cc1NCCN1C2=NC3C(C(=O)NC(=O)N3C)N2C(C)=C1C. The van der Waals surface area contributed by atoms with Crippen LogP contribution < -0.4 is 15.4 Å². The highest BCUT2D eigenvalue weighted by atomic mass is 16.5. The molecule has 1 aromatic rings. The molecule has 3 heterocycles. The maximum Gasteiger partial charge on any atom is 0.325 e. The number of allylic oxidation sites excluding steroid dienone is 2. The third-order valence-electron chi connectivity index (χ3n) is 5.78. The summed E-state index contributed by atoms with van der Waals surface area (Å²) in [4.78, 5) is 34.7. The zero-order valence-electron chi connectivity index (χ0n) is 17.3. The molecule has 1 saturated heterocycles. The number of benzene rings is 1. The second-order valence-corrected chi connectivity index (χ2v) is 7.52. The Morgan fingerprint density at radius 1 is 1.21 bits per heavy atom. The summed E-state index contributed by atoms with van der Waals surface area (Å²) in [6.07, 6.45) is -0.512. The van der Waals surface area contributed by atoms with E-state index in [4.69, 9.17) is 9.73 Å². The van der Waals surface area contributed by atoms with Gasteiger partial charge >= 0.3 is 6.03 Å². The summed E-state index contributed by atoms with van der Waals surface area (Å²) in [5.74, 6) is 1.20. The number of urea groups is 1. The summed E-state index contributed by atoms with van der Waals surface area (Å²) in [6, 6.07) is 5.06. The molecule has 9 heteroatoms. The van der Waals surface area contributed by atoms with Crippen molar-refractivity contribution in [3.05, 3.63) is 35.2 Å². The van der Waals surface area contributed by atoms with Crippen LogP contribution in [0.5, 0.6) is 5.75 Å². The number of amides is 3. The molecule has 0 saturated carbocycles. The van der Waals surface area contributed by atoms with Crippen LogP contribution in [0.15, 0.2) is 34.6 Å². The van der Waals surface area contributed by atoms with Crippen molar-refractivity contribution >= 4 is 23.6 Å². The number of hydrogen-bond donors (Lipinski definition) is 2. The molecule has 1 fully saturated rings. The fourth-order valence-electron chi connectivity index (χ4n) is 4.06. The molecule has 0 aliphatic carbocycles. The number of imide groups is 1. The molecule has 0 spiro atoms. The van der Waals surface area contributed by atoms with Crippen molar-refractivity contribution in [1.82, 2.24) is 20.0 Å². The van der Waals surface area contributed by atoms with Crippen LogP contribution in [-0.2, 0) is 4.79 Å². The summed E-state index contributed by atoms with van der Waals surface area (Å²) in [5, 5.41) is 5.84. The number of fused-ring (bicyclic) bond motifs is 3. The molecule has 3 amide bonds. The van der Waals surface area contributed by atoms with Gasteiger partial charge in [-0.2, -0.15) is 0 Å². The minimum atomic E-state index is -0.530. The number of carbonyl (C=O) groups is 2. The van der Waals surface area contributed by atoms with Crippen molar-refractivity contribution in [1.29, 1.82) is 0 Å². The maximum atomic E-state index is 12.5. The Balaban J connectivity index is 1.52. The first-order valence-electron chi connectivity index (χ1n) is 9.61. The second-order valence-electron chi connectivity index (χ2n) is 7.52. The standard InChI is InChI=1S/C20H26N6O3/c1-11-6-7-15(29-5)14(10-11)21-8-9-25-12(2)13(3)26-16-17(22-19(25)26)24(4)20(28)23-18(16)27/h6-7,10,16-17,21H,8-9H2,1-5H3,(H,23,27,28). The predicted octanol–water partition coefficient (Wildman–Crippen LogP) is 1.53. The van der Waals surface area contributed by atoms with Crippen LogP contribution in [0.25, 0.3) is 0 Å². The molecule has 0 bridgehead atoms. The zero-order chi connectivity index (χ0) is 20.9. The third-order valence-corrected chi connectivity index (χ3v) is 5.78. The third kappa shape index (κ3) is 2.97. The van der Waals surface area contributed by atoms with Gasteiger partial charge in [-0.1, -0.05) is 6.07 Å². The number of nitrogens with zero attached hydrogens (tertiary/aromatic N) is 4. The minimum Gasteiger partial charge on any atom is -0.495 e. The van der Waals surface area contributed by atoms with Gasteiger partial charge in [0.15, 0.2) is 12.2 Å². The smallest absolute Gasteiger partial charge is 0.325 e. The molecule has 29 heavy (non-hydrogen) atoms. The highest BCUT2D eigenvalue weighted by Crippen LogP contribution is 2.36. The first kappa shape index (κ1) is 19.1. The average molecular weight is 398 g/mol. The van der Waals surface area contributed by atoms with Crippen LogP contribution in [0.1, 0.15) is 19.4 Å². The largest absolute Gasteiger partial charge is 0.495 e. The number of methoxy groups -OCH3 is 1. The number of hydrogen-bond acceptors (Lipinski definition) is 7. The Morgan fingerprint density at radius 3 is 2.69 bits per heavy atom. The van der Waals surface area contributed by atoms with Gasteiger partial charge in [0.1, 0.15) is 5.75 Å². The van der Waals surface area contributed by atoms with E-state index in [0.717, 1.165) is 28.4 Å². The fourth-order valence-corrected chi connectivity index (χ4v) is 4.06. The van der Waals surface area contributed by atoms with Crippen molar-refractivity contribution in [3.8, 4) is 5.75 Å². The molecule has 4 rings (SSSR count). The van der Waals surface area contributed by atoms with Gasteiger partial charge in [-0.25, -0.2) is 9.79 Å². The van der Waals surface area contributed by atoms with Gasteiger partial charge in [0, 0.05) is 31.5 Å². The van der Waals surface area contributed by atoms with E-state index >= 15 is 0 Å². The highest BCUT2D eigenvalue weighted by Gasteiger charge is 2.52. The lowest BCUT2D eigenvalue weighted by Crippen LogP contribution is -2.63. The Morgan fingerprint density at radius 2 is 1.97 bits per heavy atom. The number of rotatable bonds is 5. The lowest BCUT2D eigenvalue weighted by atomic mass is 10.1. The summed E-state index contributed by atoms with van der Waals surface area (Å²) >= 11 is 0. The first-order chi connectivity index (χ1) is 13.8. The number of nitrogens with one attached hydrogen (secondary N) is 2. The van der Waals surface area contributed by atoms with Crippen molar-refractivity contribution in [2.45, 2.75) is 33.0 Å². The van der Waals surface area contributed by atoms with E-state index in [1.165, 1.54) is 4.90 Å². The van der Waals surface area contributed by atoms with E-state index < -0.39 is 18.2 Å². The van der Waals surface area contributed by atoms with Crippen LogP contribution in [-0.4, -0.2) is 72.1 Å². The van der Waals surface area contributed by atoms with Gasteiger partial charge in [-0.05, 0) is 38.5 Å². The van der Waals surface area contributed by atoms with Gasteiger partial charge in [0.2, 0.25) is 5.96 Å². The molecule has 2 N–H and O–H groups in total. The Labute approximate surface area is 170 Å². The molecule has 9 nitrogen and oxygen atoms in total. The number of guanidine groups is 1. The summed E-state index contributed by atoms with van der Waals surface area (Å²) in [5.41, 5.74) is 4.11. The number of ether oxygens (including phenoxy) is 1. The van der Waals surface area contributed by atoms with Gasteiger partial charge in [0.25, 0.3) is 5.91 Å². The molecule has 1 aromatic carbocycles. The van der Waals surface area contributed by atoms with Crippen LogP contribution in [0.4, 0.5) is 10.5 Å². The summed E-state index contributed by atoms with van der Waals surface area (Å²) in [6.45, 7) is 7.36. The molecule has 2 unspecified atom stereocenters. The van der Waals surface area contributed by atoms with E-state index in [9.17, 15) is 9.59 Å². The lowest BCUT2D eigenvalue weighted by molar-refractivity contribution is -0.126. The topological polar surface area (TPSA) is 89.5 Å². The number of likely N-dealkylation sites (N-methyl/N-ethyl adjacent to an activating group) is 1. The van der Waals surface area contributed by atoms with Crippen LogP contribution in [0.2, 0.25) is 0 Å². The molecule has 0 aromatic heterocycles. The van der Waals surface area contributed by atoms with Gasteiger partial charge in [-0.15, -0.1) is 0 Å². The van der Waals surface area contributed by atoms with E-state index in [-0.39, 0.29) is 5.91 Å². The zero-order valence-corrected chi connectivity index (χ0v) is 17.3. The lowest BCUT2D eigenvalue weighted by Gasteiger charge is -2.35. The van der Waals surface area contributed by atoms with Gasteiger partial charge in [-0.3, -0.25) is 15.0 Å². The monoisotopic (exact) mass is 398 g/mol. The van der Waals surface area contributed by atoms with E-state index in [0.29, 0.717) is 19.0 Å². The number of anilines is 1. The van der Waals surface area contributed by atoms with Crippen LogP contribution in [0, 0.1) is 6.92 Å². The van der Waals surface area contributed by atoms with Crippen molar-refractivity contribution < 1.29 is 14.3 Å². The molecular weight excluding hydrogens is 372 g/mol. The van der Waals surface area contributed by atoms with Gasteiger partial charge in [0.05, 0.1) is 12.8 Å². The molecular formula is C20H26N6O3. The molecule has 0 radical (unpaired) electrons. The normalized spacial score (nSPS) is 23.2. The van der Waals surface area contributed by atoms with E-state index in [1.807, 2.05) is 37.8 Å². The van der Waals surface area contributed by atoms with Crippen LogP contribution >= 0.6 is 0 Å². The maximum absolute atomic E-state index is 12.5. The number of aliphatic imine (C=N–C) groups is 1. The van der Waals surface area contributed by atoms with Crippen molar-refractivity contribution in [3.63, 3.8) is 0 Å². The predicted molar refractivity (Wildman–Crippen MR) is 109 cm³/mol. The summed E-state index contributed by atoms with van der Waals surface area (Å²) < 4.78 is 5.43. The number of carbonyl (C=O) groups excluding carboxylic acids is 2. The quantitative estimate of drug-likeness (QED) is 0.782. The molecule has 2 atom stereocenters. The first-order valence-corrected chi connectivity index (χ1v) is 9.61. The number of aryl methyl sites for hydroxylation is 1. The highest BCUT2D eigenvalue weighted by molar-refractivity contribution is 6.05. The minimum absolute atomic E-state index is 0.312. The Hall–Kier alpha value is -3.23. The Bertz CT molecular complexity index is 940. The van der Waals surface area contributed by atoms with Crippen molar-refractivity contribution in [2.75, 3.05) is 32.6 Å². The van der Waals surface area contributed by atoms with E-state index in [1.54, 1.807) is 14.2 Å². The Kier molecular flexibility index (Phi) is 4.60. The fraction of sp³-hybridized carbons (Fsp3) is 0.450. The molecule has 154 valence electrons. The van der Waals surface area contributed by atoms with E-state index in [2.05, 4.69) is 21.6 Å². The van der Waals surface area contributed by atoms with Gasteiger partial charge < -0.3 is 19.9 Å².